The highest BCUT2D eigenvalue weighted by molar-refractivity contribution is 9.10. The minimum atomic E-state index is -1.04. The number of carbonyl (C=O) groups is 4. The van der Waals surface area contributed by atoms with Crippen LogP contribution in [0.1, 0.15) is 37.8 Å². The molecule has 0 unspecified atom stereocenters. The quantitative estimate of drug-likeness (QED) is 0.214. The van der Waals surface area contributed by atoms with Gasteiger partial charge in [0.15, 0.2) is 11.5 Å². The van der Waals surface area contributed by atoms with Gasteiger partial charge in [0.2, 0.25) is 5.76 Å². The molecule has 0 saturated carbocycles. The first-order chi connectivity index (χ1) is 18.2. The lowest BCUT2D eigenvalue weighted by atomic mass is 10.1. The molecule has 3 amide bonds. The summed E-state index contributed by atoms with van der Waals surface area (Å²) in [5.41, 5.74) is 1.36. The average molecular weight is 585 g/mol. The molecule has 38 heavy (non-hydrogen) atoms. The van der Waals surface area contributed by atoms with Crippen LogP contribution in [0.5, 0.6) is 11.5 Å². The third kappa shape index (κ3) is 5.70. The maximum absolute atomic E-state index is 12.9. The summed E-state index contributed by atoms with van der Waals surface area (Å²) in [5.74, 6) is -1.37. The number of amides is 3. The highest BCUT2D eigenvalue weighted by Gasteiger charge is 2.34. The van der Waals surface area contributed by atoms with Gasteiger partial charge in [-0.05, 0) is 53.6 Å². The number of ether oxygens (including phenoxy) is 3. The third-order valence-electron chi connectivity index (χ3n) is 5.48. The van der Waals surface area contributed by atoms with Crippen LogP contribution in [0.2, 0.25) is 0 Å². The number of methoxy groups -OCH3 is 2. The van der Waals surface area contributed by atoms with E-state index in [4.69, 9.17) is 19.0 Å². The Kier molecular flexibility index (Phi) is 7.82. The molecule has 1 fully saturated rings. The second-order valence-corrected chi connectivity index (χ2v) is 8.81. The fourth-order valence-electron chi connectivity index (χ4n) is 3.59. The number of hydrogen-bond acceptors (Lipinski definition) is 8. The smallest absolute Gasteiger partial charge is 0.373 e. The largest absolute Gasteiger partial charge is 0.493 e. The molecule has 0 spiro atoms. The lowest BCUT2D eigenvalue weighted by Gasteiger charge is -2.13. The van der Waals surface area contributed by atoms with Crippen molar-refractivity contribution in [1.29, 1.82) is 0 Å². The number of carbonyl (C=O) groups excluding carboxylic acids is 3. The van der Waals surface area contributed by atoms with Gasteiger partial charge in [0.25, 0.3) is 5.91 Å². The van der Waals surface area contributed by atoms with Gasteiger partial charge in [-0.3, -0.25) is 9.69 Å². The summed E-state index contributed by atoms with van der Waals surface area (Å²) in [5, 5.41) is 11.7. The van der Waals surface area contributed by atoms with Crippen LogP contribution in [0.3, 0.4) is 0 Å². The van der Waals surface area contributed by atoms with Crippen LogP contribution in [0.25, 0.3) is 6.08 Å². The number of rotatable bonds is 9. The van der Waals surface area contributed by atoms with E-state index in [2.05, 4.69) is 26.0 Å². The molecule has 4 rings (SSSR count). The second kappa shape index (κ2) is 11.2. The Morgan fingerprint density at radius 1 is 1.11 bits per heavy atom. The van der Waals surface area contributed by atoms with Gasteiger partial charge in [-0.15, -0.1) is 0 Å². The Balaban J connectivity index is 1.51. The average Bonchev–Trinajstić information content (AvgIpc) is 3.48. The number of benzene rings is 2. The van der Waals surface area contributed by atoms with Crippen molar-refractivity contribution in [3.05, 3.63) is 86.9 Å². The van der Waals surface area contributed by atoms with Gasteiger partial charge in [0.05, 0.1) is 26.3 Å². The molecular formula is C26H21BrN2O9. The highest BCUT2D eigenvalue weighted by Crippen LogP contribution is 2.35. The van der Waals surface area contributed by atoms with Gasteiger partial charge < -0.3 is 29.1 Å². The van der Waals surface area contributed by atoms with Crippen LogP contribution in [0.4, 0.5) is 4.79 Å². The number of imide groups is 1. The Bertz CT molecular complexity index is 1460. The number of nitrogens with one attached hydrogen (secondary N) is 1. The molecule has 1 aromatic heterocycles. The first kappa shape index (κ1) is 26.5. The van der Waals surface area contributed by atoms with E-state index in [1.807, 2.05) is 0 Å². The molecule has 11 nitrogen and oxygen atoms in total. The second-order valence-electron chi connectivity index (χ2n) is 7.96. The van der Waals surface area contributed by atoms with Crippen molar-refractivity contribution in [2.75, 3.05) is 14.2 Å². The van der Waals surface area contributed by atoms with Crippen LogP contribution in [0.15, 0.2) is 63.1 Å². The maximum atomic E-state index is 12.9. The summed E-state index contributed by atoms with van der Waals surface area (Å²) in [6.07, 6.45) is 1.48. The molecule has 1 saturated heterocycles. The number of furan rings is 1. The van der Waals surface area contributed by atoms with Crippen molar-refractivity contribution in [3.8, 4) is 11.5 Å². The molecule has 2 N–H and O–H groups in total. The topological polar surface area (TPSA) is 145 Å². The molecule has 0 radical (unpaired) electrons. The number of esters is 1. The number of urea groups is 1. The summed E-state index contributed by atoms with van der Waals surface area (Å²) in [6, 6.07) is 11.9. The number of carboxylic acids is 1. The van der Waals surface area contributed by atoms with Gasteiger partial charge in [0, 0.05) is 4.47 Å². The fraction of sp³-hybridized carbons (Fsp3) is 0.154. The number of carboxylic acid groups (broad SMARTS) is 1. The van der Waals surface area contributed by atoms with Crippen LogP contribution < -0.4 is 14.8 Å². The summed E-state index contributed by atoms with van der Waals surface area (Å²) in [4.78, 5) is 49.1. The van der Waals surface area contributed by atoms with Crippen molar-refractivity contribution in [1.82, 2.24) is 10.2 Å². The molecule has 12 heteroatoms. The Morgan fingerprint density at radius 2 is 1.89 bits per heavy atom. The predicted octanol–water partition coefficient (Wildman–Crippen LogP) is 4.21. The molecular weight excluding hydrogens is 564 g/mol. The van der Waals surface area contributed by atoms with Crippen molar-refractivity contribution < 1.29 is 42.9 Å². The van der Waals surface area contributed by atoms with E-state index < -0.39 is 23.9 Å². The summed E-state index contributed by atoms with van der Waals surface area (Å²) in [6.45, 7) is -0.0856. The number of nitrogens with zero attached hydrogens (tertiary/aromatic N) is 1. The van der Waals surface area contributed by atoms with Gasteiger partial charge >= 0.3 is 18.0 Å². The zero-order chi connectivity index (χ0) is 27.4. The number of halogens is 1. The van der Waals surface area contributed by atoms with Crippen LogP contribution in [0, 0.1) is 0 Å². The van der Waals surface area contributed by atoms with E-state index in [0.717, 1.165) is 4.90 Å². The minimum Gasteiger partial charge on any atom is -0.493 e. The van der Waals surface area contributed by atoms with Crippen molar-refractivity contribution in [2.45, 2.75) is 13.2 Å². The lowest BCUT2D eigenvalue weighted by Crippen LogP contribution is -2.30. The Hall–Kier alpha value is -4.58. The molecule has 0 aliphatic carbocycles. The number of aromatic carboxylic acids is 1. The summed E-state index contributed by atoms with van der Waals surface area (Å²) in [7, 11) is 2.67. The first-order valence-electron chi connectivity index (χ1n) is 11.0. The van der Waals surface area contributed by atoms with E-state index in [1.165, 1.54) is 44.6 Å². The van der Waals surface area contributed by atoms with E-state index in [0.29, 0.717) is 27.1 Å². The molecule has 2 heterocycles. The first-order valence-corrected chi connectivity index (χ1v) is 11.8. The Labute approximate surface area is 224 Å². The summed E-state index contributed by atoms with van der Waals surface area (Å²) < 4.78 is 21.8. The van der Waals surface area contributed by atoms with Crippen LogP contribution >= 0.6 is 15.9 Å². The normalized spacial score (nSPS) is 14.0. The van der Waals surface area contributed by atoms with Crippen LogP contribution in [-0.2, 0) is 22.7 Å². The van der Waals surface area contributed by atoms with Gasteiger partial charge in [0.1, 0.15) is 18.1 Å². The standard InChI is InChI=1S/C26H21BrN2O9/c1-35-21-10-16(18(27)11-22(21)37-13-14-4-3-5-15(8-14)24(31)32)9-19-23(30)29(26(34)28-19)12-17-6-7-20(38-17)25(33)36-2/h3-11H,12-13H2,1-2H3,(H,28,34)(H,31,32)/b19-9-. The minimum absolute atomic E-state index is 0.0247. The van der Waals surface area contributed by atoms with E-state index in [9.17, 15) is 19.2 Å². The van der Waals surface area contributed by atoms with Gasteiger partial charge in [-0.2, -0.15) is 0 Å². The van der Waals surface area contributed by atoms with E-state index >= 15 is 0 Å². The van der Waals surface area contributed by atoms with Gasteiger partial charge in [-0.1, -0.05) is 28.1 Å². The van der Waals surface area contributed by atoms with Gasteiger partial charge in [-0.25, -0.2) is 14.4 Å². The maximum Gasteiger partial charge on any atom is 0.373 e. The van der Waals surface area contributed by atoms with Crippen molar-refractivity contribution in [2.24, 2.45) is 0 Å². The molecule has 1 aliphatic heterocycles. The third-order valence-corrected chi connectivity index (χ3v) is 6.16. The fourth-order valence-corrected chi connectivity index (χ4v) is 4.03. The van der Waals surface area contributed by atoms with E-state index in [-0.39, 0.29) is 35.9 Å². The molecule has 3 aromatic rings. The summed E-state index contributed by atoms with van der Waals surface area (Å²) >= 11 is 3.45. The van der Waals surface area contributed by atoms with E-state index in [1.54, 1.807) is 24.3 Å². The zero-order valence-corrected chi connectivity index (χ0v) is 21.7. The molecule has 0 bridgehead atoms. The SMILES string of the molecule is COC(=O)c1ccc(CN2C(=O)N/C(=C\c3cc(OC)c(OCc4cccc(C(=O)O)c4)cc3Br)C2=O)o1. The molecule has 2 aromatic carbocycles. The molecule has 1 aliphatic rings. The van der Waals surface area contributed by atoms with Crippen LogP contribution in [-0.4, -0.2) is 48.1 Å². The monoisotopic (exact) mass is 584 g/mol. The van der Waals surface area contributed by atoms with Crippen molar-refractivity contribution in [3.63, 3.8) is 0 Å². The predicted molar refractivity (Wildman–Crippen MR) is 136 cm³/mol. The molecule has 0 atom stereocenters. The Morgan fingerprint density at radius 3 is 2.61 bits per heavy atom. The molecule has 196 valence electrons. The highest BCUT2D eigenvalue weighted by atomic mass is 79.9. The zero-order valence-electron chi connectivity index (χ0n) is 20.1. The van der Waals surface area contributed by atoms with Crippen molar-refractivity contribution >= 4 is 45.9 Å². The number of hydrogen-bond donors (Lipinski definition) is 2. The lowest BCUT2D eigenvalue weighted by molar-refractivity contribution is -0.123.